The van der Waals surface area contributed by atoms with Gasteiger partial charge in [0.05, 0.1) is 27.7 Å². The zero-order valence-corrected chi connectivity index (χ0v) is 62.3. The molecule has 10 heteroatoms. The van der Waals surface area contributed by atoms with Crippen LogP contribution < -0.4 is 4.89 Å². The highest BCUT2D eigenvalue weighted by atomic mass is 31.2. The third-order valence-corrected chi connectivity index (χ3v) is 17.3. The molecular formula is C84H144NO8P. The van der Waals surface area contributed by atoms with Gasteiger partial charge in [0, 0.05) is 12.8 Å². The van der Waals surface area contributed by atoms with E-state index in [1.807, 2.05) is 21.1 Å². The van der Waals surface area contributed by atoms with Crippen molar-refractivity contribution in [1.82, 2.24) is 0 Å². The summed E-state index contributed by atoms with van der Waals surface area (Å²) in [6, 6.07) is 0. The Balaban J connectivity index is 4.02. The summed E-state index contributed by atoms with van der Waals surface area (Å²) in [4.78, 5) is 38.2. The van der Waals surface area contributed by atoms with Gasteiger partial charge in [-0.25, -0.2) is 0 Å². The minimum Gasteiger partial charge on any atom is -0.756 e. The maximum atomic E-state index is 12.9. The number of phosphoric ester groups is 1. The smallest absolute Gasteiger partial charge is 0.306 e. The zero-order chi connectivity index (χ0) is 68.3. The molecule has 0 aromatic carbocycles. The molecule has 538 valence electrons. The molecule has 0 aliphatic rings. The van der Waals surface area contributed by atoms with Gasteiger partial charge in [0.15, 0.2) is 6.10 Å². The summed E-state index contributed by atoms with van der Waals surface area (Å²) >= 11 is 0. The zero-order valence-electron chi connectivity index (χ0n) is 61.4. The Kier molecular flexibility index (Phi) is 69.9. The average molecular weight is 1330 g/mol. The fourth-order valence-electron chi connectivity index (χ4n) is 10.5. The van der Waals surface area contributed by atoms with Crippen LogP contribution in [-0.4, -0.2) is 70.0 Å². The molecule has 0 aliphatic heterocycles. The fourth-order valence-corrected chi connectivity index (χ4v) is 11.3. The van der Waals surface area contributed by atoms with Crippen LogP contribution in [0, 0.1) is 0 Å². The third-order valence-electron chi connectivity index (χ3n) is 16.4. The molecule has 0 N–H and O–H groups in total. The van der Waals surface area contributed by atoms with Crippen LogP contribution >= 0.6 is 7.82 Å². The molecule has 0 rings (SSSR count). The summed E-state index contributed by atoms with van der Waals surface area (Å²) in [6.45, 7) is 4.02. The Hall–Kier alpha value is -4.11. The van der Waals surface area contributed by atoms with Crippen molar-refractivity contribution in [2.75, 3.05) is 47.5 Å². The first kappa shape index (κ1) is 89.9. The number of carbonyl (C=O) groups excluding carboxylic acids is 2. The highest BCUT2D eigenvalue weighted by Gasteiger charge is 2.22. The second-order valence-electron chi connectivity index (χ2n) is 26.6. The van der Waals surface area contributed by atoms with Crippen LogP contribution in [0.15, 0.2) is 146 Å². The lowest BCUT2D eigenvalue weighted by Crippen LogP contribution is -2.37. The van der Waals surface area contributed by atoms with Crippen molar-refractivity contribution in [2.24, 2.45) is 0 Å². The Morgan fingerprint density at radius 2 is 0.574 bits per heavy atom. The average Bonchev–Trinajstić information content (AvgIpc) is 1.56. The number of unbranched alkanes of at least 4 members (excludes halogenated alkanes) is 32. The van der Waals surface area contributed by atoms with E-state index in [0.717, 1.165) is 122 Å². The Bertz CT molecular complexity index is 2100. The molecule has 0 amide bonds. The number of allylic oxidation sites excluding steroid dienone is 24. The second-order valence-corrected chi connectivity index (χ2v) is 28.0. The van der Waals surface area contributed by atoms with Crippen molar-refractivity contribution in [3.8, 4) is 0 Å². The van der Waals surface area contributed by atoms with E-state index in [1.54, 1.807) is 0 Å². The number of hydrogen-bond donors (Lipinski definition) is 0. The van der Waals surface area contributed by atoms with Crippen molar-refractivity contribution in [1.29, 1.82) is 0 Å². The summed E-state index contributed by atoms with van der Waals surface area (Å²) in [5, 5.41) is 0. The number of quaternary nitrogens is 1. The lowest BCUT2D eigenvalue weighted by atomic mass is 10.0. The number of hydrogen-bond acceptors (Lipinski definition) is 8. The number of nitrogens with zero attached hydrogens (tertiary/aromatic N) is 1. The van der Waals surface area contributed by atoms with Crippen molar-refractivity contribution >= 4 is 19.8 Å². The van der Waals surface area contributed by atoms with Crippen molar-refractivity contribution in [3.05, 3.63) is 146 Å². The largest absolute Gasteiger partial charge is 0.756 e. The SMILES string of the molecule is CC/C=C\C/C=C\C/C=C\C/C=C\C/C=C\C/C=C\C/C=C\C/C=C\CCCCCCCCCCC(=O)OC(COC(=O)CCCCCCCCCCCCCCCCCCCCCCCCCC/C=C\C/C=C\C/C=C\C/C=C\CC)COP(=O)([O-])OCC[N+](C)(C)C. The van der Waals surface area contributed by atoms with Crippen LogP contribution in [0.4, 0.5) is 0 Å². The van der Waals surface area contributed by atoms with Gasteiger partial charge < -0.3 is 27.9 Å². The molecule has 0 saturated carbocycles. The molecule has 9 nitrogen and oxygen atoms in total. The first-order chi connectivity index (χ1) is 46.0. The minimum atomic E-state index is -4.66. The highest BCUT2D eigenvalue weighted by Crippen LogP contribution is 2.38. The number of phosphoric acid groups is 1. The number of ether oxygens (including phenoxy) is 2. The van der Waals surface area contributed by atoms with Crippen LogP contribution in [0.1, 0.15) is 322 Å². The summed E-state index contributed by atoms with van der Waals surface area (Å²) in [5.41, 5.74) is 0. The van der Waals surface area contributed by atoms with Gasteiger partial charge in [0.2, 0.25) is 0 Å². The summed E-state index contributed by atoms with van der Waals surface area (Å²) in [6.07, 6.45) is 108. The summed E-state index contributed by atoms with van der Waals surface area (Å²) in [5.74, 6) is -0.839. The van der Waals surface area contributed by atoms with Crippen molar-refractivity contribution in [3.63, 3.8) is 0 Å². The van der Waals surface area contributed by atoms with Crippen molar-refractivity contribution < 1.29 is 42.1 Å². The Labute approximate surface area is 580 Å². The van der Waals surface area contributed by atoms with E-state index in [-0.39, 0.29) is 32.0 Å². The lowest BCUT2D eigenvalue weighted by molar-refractivity contribution is -0.870. The molecule has 2 atom stereocenters. The maximum absolute atomic E-state index is 12.9. The van der Waals surface area contributed by atoms with Crippen molar-refractivity contribution in [2.45, 2.75) is 328 Å². The van der Waals surface area contributed by atoms with Crippen LogP contribution in [0.2, 0.25) is 0 Å². The second kappa shape index (κ2) is 73.1. The van der Waals surface area contributed by atoms with E-state index in [9.17, 15) is 19.0 Å². The van der Waals surface area contributed by atoms with Crippen LogP contribution in [0.5, 0.6) is 0 Å². The molecule has 2 unspecified atom stereocenters. The van der Waals surface area contributed by atoms with Gasteiger partial charge in [-0.3, -0.25) is 14.2 Å². The molecule has 94 heavy (non-hydrogen) atoms. The third kappa shape index (κ3) is 76.9. The van der Waals surface area contributed by atoms with E-state index in [2.05, 4.69) is 160 Å². The van der Waals surface area contributed by atoms with Gasteiger partial charge >= 0.3 is 11.9 Å². The van der Waals surface area contributed by atoms with Crippen LogP contribution in [0.25, 0.3) is 0 Å². The van der Waals surface area contributed by atoms with Gasteiger partial charge in [-0.15, -0.1) is 0 Å². The molecule has 0 aromatic heterocycles. The van der Waals surface area contributed by atoms with E-state index >= 15 is 0 Å². The van der Waals surface area contributed by atoms with E-state index < -0.39 is 26.5 Å². The van der Waals surface area contributed by atoms with E-state index in [4.69, 9.17) is 18.5 Å². The predicted octanol–water partition coefficient (Wildman–Crippen LogP) is 25.1. The summed E-state index contributed by atoms with van der Waals surface area (Å²) in [7, 11) is 1.15. The maximum Gasteiger partial charge on any atom is 0.306 e. The molecular weight excluding hydrogens is 1180 g/mol. The van der Waals surface area contributed by atoms with Crippen LogP contribution in [0.3, 0.4) is 0 Å². The van der Waals surface area contributed by atoms with Gasteiger partial charge in [0.1, 0.15) is 19.8 Å². The molecule has 0 bridgehead atoms. The minimum absolute atomic E-state index is 0.0376. The first-order valence-corrected chi connectivity index (χ1v) is 40.0. The Morgan fingerprint density at radius 1 is 0.330 bits per heavy atom. The first-order valence-electron chi connectivity index (χ1n) is 38.5. The molecule has 0 radical (unpaired) electrons. The molecule has 0 spiro atoms. The predicted molar refractivity (Wildman–Crippen MR) is 406 cm³/mol. The van der Waals surface area contributed by atoms with Gasteiger partial charge in [-0.1, -0.05) is 339 Å². The van der Waals surface area contributed by atoms with Gasteiger partial charge in [-0.2, -0.15) is 0 Å². The molecule has 0 aliphatic carbocycles. The number of likely N-dealkylation sites (N-methyl/N-ethyl adjacent to an activating group) is 1. The van der Waals surface area contributed by atoms with Gasteiger partial charge in [0.25, 0.3) is 7.82 Å². The topological polar surface area (TPSA) is 111 Å². The van der Waals surface area contributed by atoms with E-state index in [1.165, 1.54) is 167 Å². The molecule has 0 saturated heterocycles. The molecule has 0 aromatic rings. The normalized spacial score (nSPS) is 13.9. The van der Waals surface area contributed by atoms with E-state index in [0.29, 0.717) is 17.4 Å². The quantitative estimate of drug-likeness (QED) is 0.0195. The number of esters is 2. The number of rotatable bonds is 70. The van der Waals surface area contributed by atoms with Crippen LogP contribution in [-0.2, 0) is 32.7 Å². The monoisotopic (exact) mass is 1330 g/mol. The Morgan fingerprint density at radius 3 is 0.851 bits per heavy atom. The number of carbonyl (C=O) groups is 2. The lowest BCUT2D eigenvalue weighted by Gasteiger charge is -2.28. The standard InChI is InChI=1S/C84H144NO8P/c1-6-8-10-12-14-16-18-20-22-24-26-28-30-32-34-36-38-40-41-42-43-45-46-48-50-52-54-56-58-60-62-64-66-68-70-72-74-76-83(86)90-80-82(81-92-94(88,89)91-79-78-85(3,4)5)93-84(87)77-75-73-71-69-67-65-63-61-59-57-55-53-51-49-47-44-39-37-35-33-31-29-27-25-23-21-19-17-15-13-11-9-7-2/h8-11,14-17,20-23,26-29,33,35,39,44,49,51,55,57,82H,6-7,12-13,18-19,24-25,30-32,34,36-38,40-43,45-48,50,52-54,56,58-81H2,1-5H3/b10-8-,11-9-,16-14-,17-15-,22-20-,23-21-,28-26-,29-27-,35-33-,44-39-,51-49-,57-55-. The van der Waals surface area contributed by atoms with Gasteiger partial charge in [-0.05, 0) is 116 Å². The molecule has 0 heterocycles. The molecule has 0 fully saturated rings. The highest BCUT2D eigenvalue weighted by molar-refractivity contribution is 7.45. The fraction of sp³-hybridized carbons (Fsp3) is 0.690. The summed E-state index contributed by atoms with van der Waals surface area (Å²) < 4.78 is 34.4.